The van der Waals surface area contributed by atoms with E-state index in [2.05, 4.69) is 26.0 Å². The summed E-state index contributed by atoms with van der Waals surface area (Å²) >= 11 is 0. The zero-order valence-electron chi connectivity index (χ0n) is 13.0. The molecule has 0 aliphatic rings. The first-order valence-corrected chi connectivity index (χ1v) is 7.70. The predicted octanol–water partition coefficient (Wildman–Crippen LogP) is 5.44. The van der Waals surface area contributed by atoms with Gasteiger partial charge in [-0.15, -0.1) is 0 Å². The van der Waals surface area contributed by atoms with Gasteiger partial charge in [-0.1, -0.05) is 51.1 Å². The lowest BCUT2D eigenvalue weighted by Crippen LogP contribution is -1.98. The number of aliphatic hydroxyl groups is 1. The fourth-order valence-electron chi connectivity index (χ4n) is 2.30. The van der Waals surface area contributed by atoms with Crippen molar-refractivity contribution >= 4 is 0 Å². The lowest BCUT2D eigenvalue weighted by atomic mass is 9.99. The third kappa shape index (κ3) is 3.85. The molecular formula is C19H24O2. The molecule has 0 aromatic heterocycles. The third-order valence-corrected chi connectivity index (χ3v) is 3.95. The average molecular weight is 284 g/mol. The van der Waals surface area contributed by atoms with E-state index < -0.39 is 6.10 Å². The maximum absolute atomic E-state index is 10.1. The molecule has 2 aromatic rings. The summed E-state index contributed by atoms with van der Waals surface area (Å²) in [6.07, 6.45) is 1.32. The van der Waals surface area contributed by atoms with Gasteiger partial charge < -0.3 is 9.84 Å². The Morgan fingerprint density at radius 3 is 2.24 bits per heavy atom. The molecular weight excluding hydrogens is 260 g/mol. The second-order valence-corrected chi connectivity index (χ2v) is 5.44. The number of ether oxygens (including phenoxy) is 1. The highest BCUT2D eigenvalue weighted by Gasteiger charge is 2.12. The molecule has 0 aliphatic carbocycles. The summed E-state index contributed by atoms with van der Waals surface area (Å²) in [6.45, 7) is 6.38. The van der Waals surface area contributed by atoms with Crippen molar-refractivity contribution in [1.82, 2.24) is 0 Å². The molecule has 2 atom stereocenters. The topological polar surface area (TPSA) is 29.5 Å². The molecule has 0 bridgehead atoms. The summed E-state index contributed by atoms with van der Waals surface area (Å²) in [5, 5.41) is 10.1. The molecule has 0 heterocycles. The van der Waals surface area contributed by atoms with Gasteiger partial charge in [-0.05, 0) is 42.5 Å². The van der Waals surface area contributed by atoms with Crippen molar-refractivity contribution in [2.75, 3.05) is 0 Å². The van der Waals surface area contributed by atoms with Crippen LogP contribution in [-0.4, -0.2) is 5.11 Å². The Hall–Kier alpha value is -1.80. The van der Waals surface area contributed by atoms with Gasteiger partial charge in [0.1, 0.15) is 11.5 Å². The van der Waals surface area contributed by atoms with Gasteiger partial charge in [-0.25, -0.2) is 0 Å². The van der Waals surface area contributed by atoms with Gasteiger partial charge in [-0.3, -0.25) is 0 Å². The standard InChI is InChI=1S/C19H24O2/c1-4-14(3)15-10-12-16(13-11-15)21-19-9-7-6-8-17(19)18(20)5-2/h6-14,18,20H,4-5H2,1-3H3/t14?,18-/m0/s1. The van der Waals surface area contributed by atoms with E-state index in [-0.39, 0.29) is 0 Å². The molecule has 112 valence electrons. The van der Waals surface area contributed by atoms with E-state index in [4.69, 9.17) is 4.74 Å². The minimum atomic E-state index is -0.486. The Labute approximate surface area is 127 Å². The number of benzene rings is 2. The lowest BCUT2D eigenvalue weighted by molar-refractivity contribution is 0.170. The Balaban J connectivity index is 2.19. The fourth-order valence-corrected chi connectivity index (χ4v) is 2.30. The van der Waals surface area contributed by atoms with E-state index in [1.165, 1.54) is 5.56 Å². The maximum atomic E-state index is 10.1. The first kappa shape index (κ1) is 15.6. The van der Waals surface area contributed by atoms with Gasteiger partial charge in [0.2, 0.25) is 0 Å². The summed E-state index contributed by atoms with van der Waals surface area (Å²) < 4.78 is 5.94. The molecule has 2 nitrogen and oxygen atoms in total. The van der Waals surface area contributed by atoms with Gasteiger partial charge in [0.05, 0.1) is 6.10 Å². The van der Waals surface area contributed by atoms with Gasteiger partial charge in [0.25, 0.3) is 0 Å². The Kier molecular flexibility index (Phi) is 5.40. The minimum absolute atomic E-state index is 0.486. The second-order valence-electron chi connectivity index (χ2n) is 5.44. The zero-order valence-corrected chi connectivity index (χ0v) is 13.0. The van der Waals surface area contributed by atoms with Crippen molar-refractivity contribution < 1.29 is 9.84 Å². The number of hydrogen-bond donors (Lipinski definition) is 1. The Morgan fingerprint density at radius 2 is 1.62 bits per heavy atom. The lowest BCUT2D eigenvalue weighted by Gasteiger charge is -2.15. The average Bonchev–Trinajstić information content (AvgIpc) is 2.54. The number of para-hydroxylation sites is 1. The minimum Gasteiger partial charge on any atom is -0.457 e. The van der Waals surface area contributed by atoms with Gasteiger partial charge in [0.15, 0.2) is 0 Å². The summed E-state index contributed by atoms with van der Waals surface area (Å²) in [5.41, 5.74) is 2.16. The van der Waals surface area contributed by atoms with E-state index in [0.717, 1.165) is 23.5 Å². The van der Waals surface area contributed by atoms with Crippen molar-refractivity contribution in [3.8, 4) is 11.5 Å². The molecule has 0 amide bonds. The highest BCUT2D eigenvalue weighted by atomic mass is 16.5. The molecule has 2 aromatic carbocycles. The molecule has 0 fully saturated rings. The highest BCUT2D eigenvalue weighted by molar-refractivity contribution is 5.40. The largest absolute Gasteiger partial charge is 0.457 e. The first-order valence-electron chi connectivity index (χ1n) is 7.70. The molecule has 2 rings (SSSR count). The van der Waals surface area contributed by atoms with E-state index in [9.17, 15) is 5.11 Å². The first-order chi connectivity index (χ1) is 10.2. The van der Waals surface area contributed by atoms with Crippen molar-refractivity contribution in [1.29, 1.82) is 0 Å². The van der Waals surface area contributed by atoms with Crippen molar-refractivity contribution in [3.05, 3.63) is 59.7 Å². The van der Waals surface area contributed by atoms with E-state index in [1.807, 2.05) is 43.3 Å². The molecule has 1 unspecified atom stereocenters. The Bertz CT molecular complexity index is 560. The van der Waals surface area contributed by atoms with Crippen LogP contribution in [0.5, 0.6) is 11.5 Å². The smallest absolute Gasteiger partial charge is 0.133 e. The van der Waals surface area contributed by atoms with Crippen LogP contribution < -0.4 is 4.74 Å². The predicted molar refractivity (Wildman–Crippen MR) is 86.9 cm³/mol. The zero-order chi connectivity index (χ0) is 15.2. The summed E-state index contributed by atoms with van der Waals surface area (Å²) in [6, 6.07) is 15.9. The van der Waals surface area contributed by atoms with Gasteiger partial charge >= 0.3 is 0 Å². The van der Waals surface area contributed by atoms with Crippen molar-refractivity contribution in [3.63, 3.8) is 0 Å². The summed E-state index contributed by atoms with van der Waals surface area (Å²) in [5.74, 6) is 2.09. The summed E-state index contributed by atoms with van der Waals surface area (Å²) in [7, 11) is 0. The van der Waals surface area contributed by atoms with Crippen LogP contribution >= 0.6 is 0 Å². The molecule has 0 saturated heterocycles. The number of aliphatic hydroxyl groups excluding tert-OH is 1. The molecule has 2 heteroatoms. The van der Waals surface area contributed by atoms with E-state index >= 15 is 0 Å². The van der Waals surface area contributed by atoms with E-state index in [1.54, 1.807) is 0 Å². The number of hydrogen-bond acceptors (Lipinski definition) is 2. The SMILES string of the molecule is CCC(C)c1ccc(Oc2ccccc2[C@@H](O)CC)cc1. The Morgan fingerprint density at radius 1 is 0.952 bits per heavy atom. The molecule has 1 N–H and O–H groups in total. The fraction of sp³-hybridized carbons (Fsp3) is 0.368. The van der Waals surface area contributed by atoms with Crippen LogP contribution in [0.15, 0.2) is 48.5 Å². The normalized spacial score (nSPS) is 13.7. The van der Waals surface area contributed by atoms with Gasteiger partial charge in [-0.2, -0.15) is 0 Å². The van der Waals surface area contributed by atoms with E-state index in [0.29, 0.717) is 12.3 Å². The second kappa shape index (κ2) is 7.28. The maximum Gasteiger partial charge on any atom is 0.133 e. The van der Waals surface area contributed by atoms with Crippen LogP contribution in [0.1, 0.15) is 56.8 Å². The third-order valence-electron chi connectivity index (χ3n) is 3.95. The highest BCUT2D eigenvalue weighted by Crippen LogP contribution is 2.31. The summed E-state index contributed by atoms with van der Waals surface area (Å²) in [4.78, 5) is 0. The monoisotopic (exact) mass is 284 g/mol. The van der Waals surface area contributed by atoms with Crippen LogP contribution in [0.4, 0.5) is 0 Å². The van der Waals surface area contributed by atoms with Crippen LogP contribution in [0.3, 0.4) is 0 Å². The quantitative estimate of drug-likeness (QED) is 0.765. The van der Waals surface area contributed by atoms with Crippen LogP contribution in [0, 0.1) is 0 Å². The molecule has 0 radical (unpaired) electrons. The molecule has 0 aliphatic heterocycles. The van der Waals surface area contributed by atoms with Crippen molar-refractivity contribution in [2.45, 2.75) is 45.6 Å². The molecule has 0 saturated carbocycles. The van der Waals surface area contributed by atoms with Crippen LogP contribution in [0.2, 0.25) is 0 Å². The number of rotatable bonds is 6. The molecule has 0 spiro atoms. The van der Waals surface area contributed by atoms with Crippen LogP contribution in [-0.2, 0) is 0 Å². The van der Waals surface area contributed by atoms with Gasteiger partial charge in [0, 0.05) is 5.56 Å². The van der Waals surface area contributed by atoms with Crippen molar-refractivity contribution in [2.24, 2.45) is 0 Å². The molecule has 21 heavy (non-hydrogen) atoms. The van der Waals surface area contributed by atoms with Crippen LogP contribution in [0.25, 0.3) is 0 Å².